The van der Waals surface area contributed by atoms with E-state index in [1.165, 1.54) is 7.11 Å². The monoisotopic (exact) mass is 499 g/mol. The van der Waals surface area contributed by atoms with Gasteiger partial charge in [0.1, 0.15) is 6.61 Å². The maximum absolute atomic E-state index is 11.9. The van der Waals surface area contributed by atoms with Crippen molar-refractivity contribution in [3.8, 4) is 11.5 Å². The van der Waals surface area contributed by atoms with E-state index in [2.05, 4.69) is 25.6 Å². The molecule has 0 atom stereocenters. The summed E-state index contributed by atoms with van der Waals surface area (Å²) in [4.78, 5) is 11.9. The largest absolute Gasteiger partial charge is 0.493 e. The van der Waals surface area contributed by atoms with E-state index in [0.29, 0.717) is 51.8 Å². The normalized spacial score (nSPS) is 10.8. The van der Waals surface area contributed by atoms with E-state index in [9.17, 15) is 4.79 Å². The molecule has 0 saturated carbocycles. The van der Waals surface area contributed by atoms with E-state index in [1.807, 2.05) is 6.07 Å². The minimum absolute atomic E-state index is 0.0461. The van der Waals surface area contributed by atoms with Crippen LogP contribution in [0.4, 0.5) is 5.82 Å². The van der Waals surface area contributed by atoms with Crippen molar-refractivity contribution in [1.82, 2.24) is 20.9 Å². The fourth-order valence-electron chi connectivity index (χ4n) is 2.76. The molecule has 0 unspecified atom stereocenters. The van der Waals surface area contributed by atoms with Gasteiger partial charge in [-0.1, -0.05) is 40.9 Å². The van der Waals surface area contributed by atoms with Crippen LogP contribution in [0.3, 0.4) is 0 Å². The van der Waals surface area contributed by atoms with Gasteiger partial charge in [-0.2, -0.15) is 0 Å². The van der Waals surface area contributed by atoms with Crippen LogP contribution in [-0.4, -0.2) is 36.4 Å². The topological polar surface area (TPSA) is 125 Å². The summed E-state index contributed by atoms with van der Waals surface area (Å²) in [7, 11) is 1.53. The predicted molar refractivity (Wildman–Crippen MR) is 122 cm³/mol. The van der Waals surface area contributed by atoms with Crippen molar-refractivity contribution >= 4 is 46.5 Å². The van der Waals surface area contributed by atoms with Gasteiger partial charge < -0.3 is 25.8 Å². The number of benzene rings is 2. The molecule has 0 aliphatic heterocycles. The molecule has 2 aromatic carbocycles. The van der Waals surface area contributed by atoms with Crippen LogP contribution in [0.15, 0.2) is 35.0 Å². The molecule has 9 nitrogen and oxygen atoms in total. The molecular formula is C20H20Cl3N5O4. The third-order valence-corrected chi connectivity index (χ3v) is 5.35. The van der Waals surface area contributed by atoms with E-state index < -0.39 is 5.91 Å². The lowest BCUT2D eigenvalue weighted by molar-refractivity contribution is 0.0944. The Hall–Kier alpha value is -2.72. The number of hydrogen-bond acceptors (Lipinski definition) is 8. The maximum atomic E-state index is 11.9. The number of anilines is 1. The molecule has 0 bridgehead atoms. The lowest BCUT2D eigenvalue weighted by atomic mass is 10.2. The summed E-state index contributed by atoms with van der Waals surface area (Å²) in [5, 5.41) is 14.0. The zero-order valence-electron chi connectivity index (χ0n) is 17.0. The predicted octanol–water partition coefficient (Wildman–Crippen LogP) is 3.72. The number of ether oxygens (including phenoxy) is 2. The van der Waals surface area contributed by atoms with Gasteiger partial charge in [0, 0.05) is 35.2 Å². The molecule has 0 saturated heterocycles. The molecular weight excluding hydrogens is 481 g/mol. The minimum Gasteiger partial charge on any atom is -0.493 e. The van der Waals surface area contributed by atoms with Crippen molar-refractivity contribution in [2.75, 3.05) is 25.9 Å². The Morgan fingerprint density at radius 3 is 2.53 bits per heavy atom. The number of carbonyl (C=O) groups excluding carboxylic acids is 1. The standard InChI is InChI=1S/C20H20Cl3N5O4/c1-30-16-8-11(9-25-5-6-26-20(29)17-19(24)28-32-27-17)7-15(23)18(16)31-10-12-13(21)3-2-4-14(12)22/h2-4,7-8,25H,5-6,9-10H2,1H3,(H2,24,28)(H,26,29). The van der Waals surface area contributed by atoms with Gasteiger partial charge in [-0.05, 0) is 40.1 Å². The van der Waals surface area contributed by atoms with Crippen LogP contribution in [0.25, 0.3) is 0 Å². The van der Waals surface area contributed by atoms with Crippen LogP contribution in [-0.2, 0) is 13.2 Å². The van der Waals surface area contributed by atoms with Gasteiger partial charge in [0.15, 0.2) is 11.5 Å². The number of nitrogens with zero attached hydrogens (tertiary/aromatic N) is 2. The summed E-state index contributed by atoms with van der Waals surface area (Å²) in [6.07, 6.45) is 0. The number of carbonyl (C=O) groups is 1. The van der Waals surface area contributed by atoms with Gasteiger partial charge in [0.25, 0.3) is 5.91 Å². The van der Waals surface area contributed by atoms with Gasteiger partial charge in [-0.15, -0.1) is 0 Å². The fraction of sp³-hybridized carbons (Fsp3) is 0.250. The molecule has 0 radical (unpaired) electrons. The molecule has 4 N–H and O–H groups in total. The summed E-state index contributed by atoms with van der Waals surface area (Å²) in [6, 6.07) is 8.80. The molecule has 1 amide bonds. The van der Waals surface area contributed by atoms with E-state index >= 15 is 0 Å². The molecule has 0 spiro atoms. The number of amides is 1. The third-order valence-electron chi connectivity index (χ3n) is 4.36. The zero-order valence-corrected chi connectivity index (χ0v) is 19.2. The summed E-state index contributed by atoms with van der Waals surface area (Å²) in [6.45, 7) is 1.45. The van der Waals surface area contributed by atoms with Crippen molar-refractivity contribution in [3.63, 3.8) is 0 Å². The van der Waals surface area contributed by atoms with Crippen LogP contribution in [0.2, 0.25) is 15.1 Å². The number of nitrogens with two attached hydrogens (primary N) is 1. The van der Waals surface area contributed by atoms with Gasteiger partial charge >= 0.3 is 0 Å². The lowest BCUT2D eigenvalue weighted by Crippen LogP contribution is -2.32. The SMILES string of the molecule is COc1cc(CNCCNC(=O)c2nonc2N)cc(Cl)c1OCc1c(Cl)cccc1Cl. The molecule has 0 fully saturated rings. The molecule has 1 aromatic heterocycles. The van der Waals surface area contributed by atoms with Gasteiger partial charge in [0.05, 0.1) is 12.1 Å². The van der Waals surface area contributed by atoms with Gasteiger partial charge in [0.2, 0.25) is 11.5 Å². The molecule has 32 heavy (non-hydrogen) atoms. The van der Waals surface area contributed by atoms with Crippen LogP contribution in [0, 0.1) is 0 Å². The Kier molecular flexibility index (Phi) is 8.40. The summed E-state index contributed by atoms with van der Waals surface area (Å²) < 4.78 is 15.7. The average molecular weight is 501 g/mol. The average Bonchev–Trinajstić information content (AvgIpc) is 3.19. The molecule has 3 rings (SSSR count). The van der Waals surface area contributed by atoms with E-state index in [4.69, 9.17) is 50.0 Å². The van der Waals surface area contributed by atoms with Crippen molar-refractivity contribution < 1.29 is 18.9 Å². The Balaban J connectivity index is 1.54. The number of rotatable bonds is 10. The Bertz CT molecular complexity index is 1070. The maximum Gasteiger partial charge on any atom is 0.277 e. The van der Waals surface area contributed by atoms with Crippen LogP contribution in [0.1, 0.15) is 21.6 Å². The number of nitrogen functional groups attached to an aromatic ring is 1. The Morgan fingerprint density at radius 2 is 1.88 bits per heavy atom. The molecule has 0 aliphatic rings. The summed E-state index contributed by atoms with van der Waals surface area (Å²) in [5.41, 5.74) is 6.96. The summed E-state index contributed by atoms with van der Waals surface area (Å²) in [5.74, 6) is 0.339. The van der Waals surface area contributed by atoms with Crippen molar-refractivity contribution in [2.45, 2.75) is 13.2 Å². The van der Waals surface area contributed by atoms with Gasteiger partial charge in [-0.25, -0.2) is 4.63 Å². The first-order chi connectivity index (χ1) is 15.4. The van der Waals surface area contributed by atoms with Crippen molar-refractivity contribution in [2.24, 2.45) is 0 Å². The second-order valence-electron chi connectivity index (χ2n) is 6.53. The van der Waals surface area contributed by atoms with E-state index in [0.717, 1.165) is 5.56 Å². The first kappa shape index (κ1) is 23.9. The zero-order chi connectivity index (χ0) is 23.1. The number of halogens is 3. The lowest BCUT2D eigenvalue weighted by Gasteiger charge is -2.15. The first-order valence-corrected chi connectivity index (χ1v) is 10.5. The highest BCUT2D eigenvalue weighted by Gasteiger charge is 2.16. The van der Waals surface area contributed by atoms with Crippen LogP contribution in [0.5, 0.6) is 11.5 Å². The van der Waals surface area contributed by atoms with Crippen LogP contribution >= 0.6 is 34.8 Å². The first-order valence-electron chi connectivity index (χ1n) is 9.39. The second-order valence-corrected chi connectivity index (χ2v) is 7.75. The van der Waals surface area contributed by atoms with E-state index in [1.54, 1.807) is 24.3 Å². The highest BCUT2D eigenvalue weighted by Crippen LogP contribution is 2.38. The molecule has 1 heterocycles. The van der Waals surface area contributed by atoms with Gasteiger partial charge in [-0.3, -0.25) is 4.79 Å². The van der Waals surface area contributed by atoms with Crippen molar-refractivity contribution in [1.29, 1.82) is 0 Å². The molecule has 12 heteroatoms. The number of methoxy groups -OCH3 is 1. The number of hydrogen-bond donors (Lipinski definition) is 3. The highest BCUT2D eigenvalue weighted by molar-refractivity contribution is 6.36. The van der Waals surface area contributed by atoms with Crippen LogP contribution < -0.4 is 25.8 Å². The minimum atomic E-state index is -0.463. The Morgan fingerprint density at radius 1 is 1.12 bits per heavy atom. The highest BCUT2D eigenvalue weighted by atomic mass is 35.5. The molecule has 3 aromatic rings. The van der Waals surface area contributed by atoms with E-state index in [-0.39, 0.29) is 18.1 Å². The number of aromatic nitrogens is 2. The molecule has 0 aliphatic carbocycles. The third kappa shape index (κ3) is 5.95. The Labute approximate surface area is 199 Å². The number of nitrogens with one attached hydrogen (secondary N) is 2. The van der Waals surface area contributed by atoms with Crippen molar-refractivity contribution in [3.05, 3.63) is 62.2 Å². The quantitative estimate of drug-likeness (QED) is 0.360. The molecule has 170 valence electrons. The smallest absolute Gasteiger partial charge is 0.277 e. The fourth-order valence-corrected chi connectivity index (χ4v) is 3.56. The second kappa shape index (κ2) is 11.2. The summed E-state index contributed by atoms with van der Waals surface area (Å²) >= 11 is 18.8.